The Morgan fingerprint density at radius 1 is 1.11 bits per heavy atom. The molecule has 2 aliphatic rings. The predicted octanol–water partition coefficient (Wildman–Crippen LogP) is 3.61. The van der Waals surface area contributed by atoms with Crippen LogP contribution in [0.3, 0.4) is 0 Å². The van der Waals surface area contributed by atoms with Gasteiger partial charge in [-0.25, -0.2) is 4.79 Å². The van der Waals surface area contributed by atoms with Crippen LogP contribution in [0, 0.1) is 0 Å². The van der Waals surface area contributed by atoms with Gasteiger partial charge in [0.1, 0.15) is 0 Å². The Labute approximate surface area is 165 Å². The number of fused-ring (bicyclic) bond motifs is 1. The van der Waals surface area contributed by atoms with Crippen LogP contribution < -0.4 is 10.6 Å². The molecular formula is C23H25N3O2. The molecule has 0 aromatic heterocycles. The number of urea groups is 1. The van der Waals surface area contributed by atoms with E-state index in [9.17, 15) is 9.59 Å². The van der Waals surface area contributed by atoms with E-state index in [0.29, 0.717) is 19.6 Å². The van der Waals surface area contributed by atoms with Crippen molar-refractivity contribution in [1.29, 1.82) is 0 Å². The minimum atomic E-state index is -0.395. The molecule has 5 nitrogen and oxygen atoms in total. The molecule has 1 saturated carbocycles. The second-order valence-corrected chi connectivity index (χ2v) is 7.53. The SMILES string of the molecule is C=CCNC(=O)N1CCc2ccc(NC(=O)C3(c4ccccc4)CC3)cc2C1. The Kier molecular flexibility index (Phi) is 4.90. The van der Waals surface area contributed by atoms with Crippen LogP contribution in [-0.4, -0.2) is 29.9 Å². The van der Waals surface area contributed by atoms with Gasteiger partial charge < -0.3 is 15.5 Å². The maximum atomic E-state index is 13.0. The van der Waals surface area contributed by atoms with E-state index in [1.54, 1.807) is 11.0 Å². The molecule has 0 radical (unpaired) electrons. The molecule has 1 aliphatic carbocycles. The molecule has 0 bridgehead atoms. The summed E-state index contributed by atoms with van der Waals surface area (Å²) in [4.78, 5) is 27.0. The van der Waals surface area contributed by atoms with Crippen LogP contribution in [0.1, 0.15) is 29.5 Å². The molecule has 2 N–H and O–H groups in total. The molecule has 0 spiro atoms. The van der Waals surface area contributed by atoms with Gasteiger partial charge >= 0.3 is 6.03 Å². The minimum Gasteiger partial charge on any atom is -0.335 e. The topological polar surface area (TPSA) is 61.4 Å². The van der Waals surface area contributed by atoms with Crippen LogP contribution in [-0.2, 0) is 23.2 Å². The first-order chi connectivity index (χ1) is 13.6. The number of hydrogen-bond donors (Lipinski definition) is 2. The minimum absolute atomic E-state index is 0.0510. The highest BCUT2D eigenvalue weighted by Gasteiger charge is 2.51. The molecule has 2 aromatic rings. The van der Waals surface area contributed by atoms with Crippen molar-refractivity contribution < 1.29 is 9.59 Å². The summed E-state index contributed by atoms with van der Waals surface area (Å²) in [6.45, 7) is 5.33. The summed E-state index contributed by atoms with van der Waals surface area (Å²) in [6.07, 6.45) is 4.25. The zero-order valence-corrected chi connectivity index (χ0v) is 15.9. The standard InChI is InChI=1S/C23H25N3O2/c1-2-13-24-22(28)26-14-10-17-8-9-20(15-18(17)16-26)25-21(27)23(11-12-23)19-6-4-3-5-7-19/h2-9,15H,1,10-14,16H2,(H,24,28)(H,25,27). The summed E-state index contributed by atoms with van der Waals surface area (Å²) in [5.41, 5.74) is 3.79. The van der Waals surface area contributed by atoms with E-state index in [0.717, 1.165) is 36.1 Å². The van der Waals surface area contributed by atoms with E-state index in [2.05, 4.69) is 23.3 Å². The number of anilines is 1. The maximum Gasteiger partial charge on any atom is 0.317 e. The molecule has 28 heavy (non-hydrogen) atoms. The van der Waals surface area contributed by atoms with Crippen molar-refractivity contribution in [1.82, 2.24) is 10.2 Å². The molecule has 144 valence electrons. The monoisotopic (exact) mass is 375 g/mol. The molecular weight excluding hydrogens is 350 g/mol. The third kappa shape index (κ3) is 3.52. The van der Waals surface area contributed by atoms with Crippen molar-refractivity contribution in [3.05, 3.63) is 77.9 Å². The van der Waals surface area contributed by atoms with Crippen LogP contribution in [0.25, 0.3) is 0 Å². The molecule has 1 aliphatic heterocycles. The molecule has 2 aromatic carbocycles. The second-order valence-electron chi connectivity index (χ2n) is 7.53. The van der Waals surface area contributed by atoms with E-state index in [1.807, 2.05) is 42.5 Å². The van der Waals surface area contributed by atoms with Crippen molar-refractivity contribution >= 4 is 17.6 Å². The van der Waals surface area contributed by atoms with Gasteiger partial charge in [0, 0.05) is 25.3 Å². The first kappa shape index (κ1) is 18.3. The lowest BCUT2D eigenvalue weighted by Gasteiger charge is -2.29. The first-order valence-electron chi connectivity index (χ1n) is 9.75. The lowest BCUT2D eigenvalue weighted by Crippen LogP contribution is -2.42. The van der Waals surface area contributed by atoms with Gasteiger partial charge in [0.15, 0.2) is 0 Å². The van der Waals surface area contributed by atoms with Gasteiger partial charge in [0.2, 0.25) is 5.91 Å². The summed E-state index contributed by atoms with van der Waals surface area (Å²) in [6, 6.07) is 15.9. The smallest absolute Gasteiger partial charge is 0.317 e. The van der Waals surface area contributed by atoms with Crippen LogP contribution >= 0.6 is 0 Å². The fourth-order valence-corrected chi connectivity index (χ4v) is 3.86. The summed E-state index contributed by atoms with van der Waals surface area (Å²) < 4.78 is 0. The molecule has 0 atom stereocenters. The first-order valence-corrected chi connectivity index (χ1v) is 9.75. The Balaban J connectivity index is 1.47. The van der Waals surface area contributed by atoms with E-state index < -0.39 is 5.41 Å². The Morgan fingerprint density at radius 3 is 2.61 bits per heavy atom. The Bertz CT molecular complexity index is 903. The molecule has 3 amide bonds. The summed E-state index contributed by atoms with van der Waals surface area (Å²) in [5.74, 6) is 0.0510. The highest BCUT2D eigenvalue weighted by atomic mass is 16.2. The number of nitrogens with zero attached hydrogens (tertiary/aromatic N) is 1. The Hall–Kier alpha value is -3.08. The number of nitrogens with one attached hydrogen (secondary N) is 2. The zero-order valence-electron chi connectivity index (χ0n) is 15.9. The highest BCUT2D eigenvalue weighted by molar-refractivity contribution is 6.01. The lowest BCUT2D eigenvalue weighted by atomic mass is 9.94. The van der Waals surface area contributed by atoms with E-state index in [1.165, 1.54) is 5.56 Å². The largest absolute Gasteiger partial charge is 0.335 e. The van der Waals surface area contributed by atoms with Gasteiger partial charge in [-0.05, 0) is 48.1 Å². The third-order valence-electron chi connectivity index (χ3n) is 5.67. The van der Waals surface area contributed by atoms with Crippen LogP contribution in [0.2, 0.25) is 0 Å². The lowest BCUT2D eigenvalue weighted by molar-refractivity contribution is -0.118. The number of hydrogen-bond acceptors (Lipinski definition) is 2. The fourth-order valence-electron chi connectivity index (χ4n) is 3.86. The van der Waals surface area contributed by atoms with Gasteiger partial charge in [-0.15, -0.1) is 6.58 Å². The Morgan fingerprint density at radius 2 is 1.89 bits per heavy atom. The number of amides is 3. The molecule has 0 unspecified atom stereocenters. The molecule has 4 rings (SSSR count). The summed E-state index contributed by atoms with van der Waals surface area (Å²) in [5, 5.41) is 5.93. The molecule has 1 heterocycles. The van der Waals surface area contributed by atoms with Gasteiger partial charge in [-0.2, -0.15) is 0 Å². The van der Waals surface area contributed by atoms with Crippen LogP contribution in [0.4, 0.5) is 10.5 Å². The number of rotatable bonds is 5. The normalized spacial score (nSPS) is 16.6. The number of carbonyl (C=O) groups is 2. The van der Waals surface area contributed by atoms with Gasteiger partial charge in [0.05, 0.1) is 5.41 Å². The average Bonchev–Trinajstić information content (AvgIpc) is 3.54. The van der Waals surface area contributed by atoms with Crippen LogP contribution in [0.15, 0.2) is 61.2 Å². The van der Waals surface area contributed by atoms with Crippen molar-refractivity contribution in [3.8, 4) is 0 Å². The molecule has 5 heteroatoms. The van der Waals surface area contributed by atoms with E-state index in [-0.39, 0.29) is 11.9 Å². The van der Waals surface area contributed by atoms with Crippen molar-refractivity contribution in [3.63, 3.8) is 0 Å². The van der Waals surface area contributed by atoms with E-state index in [4.69, 9.17) is 0 Å². The predicted molar refractivity (Wildman–Crippen MR) is 110 cm³/mol. The van der Waals surface area contributed by atoms with Gasteiger partial charge in [-0.1, -0.05) is 42.5 Å². The molecule has 0 saturated heterocycles. The second kappa shape index (κ2) is 7.50. The van der Waals surface area contributed by atoms with Crippen molar-refractivity contribution in [2.75, 3.05) is 18.4 Å². The quantitative estimate of drug-likeness (QED) is 0.784. The fraction of sp³-hybridized carbons (Fsp3) is 0.304. The summed E-state index contributed by atoms with van der Waals surface area (Å²) >= 11 is 0. The average molecular weight is 375 g/mol. The highest BCUT2D eigenvalue weighted by Crippen LogP contribution is 2.49. The maximum absolute atomic E-state index is 13.0. The number of benzene rings is 2. The van der Waals surface area contributed by atoms with Gasteiger partial charge in [0.25, 0.3) is 0 Å². The zero-order chi connectivity index (χ0) is 19.6. The molecule has 1 fully saturated rings. The van der Waals surface area contributed by atoms with Gasteiger partial charge in [-0.3, -0.25) is 4.79 Å². The van der Waals surface area contributed by atoms with Crippen molar-refractivity contribution in [2.45, 2.75) is 31.2 Å². The van der Waals surface area contributed by atoms with E-state index >= 15 is 0 Å². The summed E-state index contributed by atoms with van der Waals surface area (Å²) in [7, 11) is 0. The number of carbonyl (C=O) groups excluding carboxylic acids is 2. The van der Waals surface area contributed by atoms with Crippen LogP contribution in [0.5, 0.6) is 0 Å². The third-order valence-corrected chi connectivity index (χ3v) is 5.67. The van der Waals surface area contributed by atoms with Crippen molar-refractivity contribution in [2.24, 2.45) is 0 Å².